The molecule has 0 atom stereocenters. The minimum absolute atomic E-state index is 0.0436. The molecule has 0 spiro atoms. The van der Waals surface area contributed by atoms with Gasteiger partial charge in [-0.05, 0) is 129 Å². The van der Waals surface area contributed by atoms with E-state index in [-0.39, 0.29) is 30.5 Å². The second kappa shape index (κ2) is 16.6. The van der Waals surface area contributed by atoms with Crippen molar-refractivity contribution < 1.29 is 18.6 Å². The average molecular weight is 665 g/mol. The van der Waals surface area contributed by atoms with Gasteiger partial charge in [-0.1, -0.05) is 13.2 Å². The number of pyridine rings is 3. The second-order valence-electron chi connectivity index (χ2n) is 12.6. The van der Waals surface area contributed by atoms with Crippen LogP contribution in [0.2, 0.25) is 6.82 Å². The highest BCUT2D eigenvalue weighted by Gasteiger charge is 2.27. The topological polar surface area (TPSA) is 85.7 Å². The highest BCUT2D eigenvalue weighted by molar-refractivity contribution is 6.45. The van der Waals surface area contributed by atoms with Crippen LogP contribution in [0.5, 0.6) is 0 Å². The normalized spacial score (nSPS) is 15.6. The van der Waals surface area contributed by atoms with Gasteiger partial charge in [-0.25, -0.2) is 8.78 Å². The van der Waals surface area contributed by atoms with Gasteiger partial charge in [-0.3, -0.25) is 19.7 Å². The van der Waals surface area contributed by atoms with Crippen LogP contribution in [0.1, 0.15) is 47.4 Å². The molecule has 2 saturated heterocycles. The van der Waals surface area contributed by atoms with Crippen LogP contribution in [0, 0.1) is 23.5 Å². The molecule has 0 unspecified atom stereocenters. The Bertz CT molecular complexity index is 1690. The fourth-order valence-electron chi connectivity index (χ4n) is 6.33. The Hall–Kier alpha value is -4.74. The molecule has 1 N–H and O–H groups in total. The van der Waals surface area contributed by atoms with E-state index in [0.717, 1.165) is 72.7 Å². The zero-order chi connectivity index (χ0) is 34.9. The molecule has 6 rings (SSSR count). The maximum atomic E-state index is 13.1. The maximum absolute atomic E-state index is 13.1. The van der Waals surface area contributed by atoms with Gasteiger partial charge in [0, 0.05) is 49.5 Å². The van der Waals surface area contributed by atoms with E-state index in [0.29, 0.717) is 24.6 Å². The van der Waals surface area contributed by atoms with Crippen molar-refractivity contribution in [2.45, 2.75) is 32.5 Å². The zero-order valence-electron chi connectivity index (χ0n) is 28.2. The number of anilines is 2. The van der Waals surface area contributed by atoms with Crippen LogP contribution in [0.15, 0.2) is 98.6 Å². The SMILES string of the molecule is C=C(c1ccc(F)cn1)C1CCN(B(C)O)CC1.C=C(c1ccc(F)cn1)C1CCN(C(=O)c2ccc(N(C)c3ccncc3)cc2)CC1. The van der Waals surface area contributed by atoms with Gasteiger partial charge < -0.3 is 19.6 Å². The Morgan fingerprint density at radius 3 is 1.69 bits per heavy atom. The number of aromatic nitrogens is 3. The predicted molar refractivity (Wildman–Crippen MR) is 192 cm³/mol. The first-order chi connectivity index (χ1) is 23.6. The highest BCUT2D eigenvalue weighted by atomic mass is 19.1. The summed E-state index contributed by atoms with van der Waals surface area (Å²) in [4.78, 5) is 31.2. The number of piperidine rings is 2. The first-order valence-corrected chi connectivity index (χ1v) is 16.7. The second-order valence-corrected chi connectivity index (χ2v) is 12.6. The third kappa shape index (κ3) is 9.25. The van der Waals surface area contributed by atoms with Gasteiger partial charge in [0.25, 0.3) is 5.91 Å². The number of likely N-dealkylation sites (tertiary alicyclic amines) is 1. The van der Waals surface area contributed by atoms with Crippen LogP contribution in [0.4, 0.5) is 20.2 Å². The minimum Gasteiger partial charge on any atom is -0.437 e. The number of rotatable bonds is 8. The van der Waals surface area contributed by atoms with Crippen LogP contribution in [0.3, 0.4) is 0 Å². The van der Waals surface area contributed by atoms with Crippen LogP contribution in [0.25, 0.3) is 11.1 Å². The lowest BCUT2D eigenvalue weighted by Gasteiger charge is -2.33. The van der Waals surface area contributed by atoms with Crippen LogP contribution in [-0.2, 0) is 0 Å². The first kappa shape index (κ1) is 35.6. The molecule has 3 aromatic heterocycles. The van der Waals surface area contributed by atoms with Crippen molar-refractivity contribution in [3.05, 3.63) is 127 Å². The molecule has 49 heavy (non-hydrogen) atoms. The predicted octanol–water partition coefficient (Wildman–Crippen LogP) is 7.01. The number of halogens is 2. The van der Waals surface area contributed by atoms with Crippen molar-refractivity contribution in [1.29, 1.82) is 0 Å². The van der Waals surface area contributed by atoms with Crippen molar-refractivity contribution >= 4 is 35.5 Å². The molecule has 1 aromatic carbocycles. The molecule has 0 saturated carbocycles. The molecule has 2 aliphatic rings. The molecule has 5 heterocycles. The van der Waals surface area contributed by atoms with Gasteiger partial charge in [0.15, 0.2) is 0 Å². The van der Waals surface area contributed by atoms with Gasteiger partial charge in [0.1, 0.15) is 11.6 Å². The van der Waals surface area contributed by atoms with Gasteiger partial charge in [0.2, 0.25) is 0 Å². The number of nitrogens with zero attached hydrogens (tertiary/aromatic N) is 6. The number of hydrogen-bond donors (Lipinski definition) is 1. The summed E-state index contributed by atoms with van der Waals surface area (Å²) >= 11 is 0. The molecule has 1 amide bonds. The number of amides is 1. The molecule has 0 aliphatic carbocycles. The lowest BCUT2D eigenvalue weighted by atomic mass is 9.79. The molecule has 0 bridgehead atoms. The molecular weight excluding hydrogens is 621 g/mol. The summed E-state index contributed by atoms with van der Waals surface area (Å²) in [5, 5.41) is 9.50. The van der Waals surface area contributed by atoms with Crippen LogP contribution in [-0.4, -0.2) is 75.9 Å². The van der Waals surface area contributed by atoms with Crippen molar-refractivity contribution in [3.8, 4) is 0 Å². The summed E-state index contributed by atoms with van der Waals surface area (Å²) in [6, 6.07) is 17.7. The maximum Gasteiger partial charge on any atom is 0.376 e. The van der Waals surface area contributed by atoms with Crippen molar-refractivity contribution in [1.82, 2.24) is 24.7 Å². The molecule has 4 aromatic rings. The third-order valence-electron chi connectivity index (χ3n) is 9.49. The van der Waals surface area contributed by atoms with E-state index in [1.54, 1.807) is 31.3 Å². The van der Waals surface area contributed by atoms with E-state index >= 15 is 0 Å². The molecule has 2 aliphatic heterocycles. The van der Waals surface area contributed by atoms with E-state index in [1.807, 2.05) is 53.2 Å². The Balaban J connectivity index is 0.000000221. The molecular formula is C38H43BF2N6O2. The van der Waals surface area contributed by atoms with Crippen molar-refractivity contribution in [2.24, 2.45) is 11.8 Å². The van der Waals surface area contributed by atoms with Crippen LogP contribution < -0.4 is 4.90 Å². The Kier molecular flexibility index (Phi) is 12.0. The van der Waals surface area contributed by atoms with E-state index in [2.05, 4.69) is 33.0 Å². The highest BCUT2D eigenvalue weighted by Crippen LogP contribution is 2.31. The van der Waals surface area contributed by atoms with Gasteiger partial charge in [0.05, 0.1) is 23.8 Å². The standard InChI is InChI=1S/C25H25FN4O.C13H18BFN2O/c1-18(24-8-5-21(26)17-28-24)19-11-15-30(16-12-19)25(31)20-3-6-22(7-4-20)29(2)23-9-13-27-14-10-23;1-10(13-4-3-12(15)9-16-13)11-5-7-17(8-6-11)14(2)18/h3-10,13-14,17,19H,1,11-12,15-16H2,2H3;3-4,9,11,18H,1,5-8H2,2H3. The number of allylic oxidation sites excluding steroid dienone is 2. The minimum atomic E-state index is -0.386. The average Bonchev–Trinajstić information content (AvgIpc) is 3.15. The van der Waals surface area contributed by atoms with Gasteiger partial charge in [-0.15, -0.1) is 0 Å². The smallest absolute Gasteiger partial charge is 0.376 e. The van der Waals surface area contributed by atoms with Gasteiger partial charge >= 0.3 is 7.05 Å². The largest absolute Gasteiger partial charge is 0.437 e. The number of benzene rings is 1. The Labute approximate surface area is 288 Å². The summed E-state index contributed by atoms with van der Waals surface area (Å²) in [7, 11) is 1.60. The first-order valence-electron chi connectivity index (χ1n) is 16.7. The Morgan fingerprint density at radius 2 is 1.24 bits per heavy atom. The van der Waals surface area contributed by atoms with E-state index in [9.17, 15) is 18.6 Å². The summed E-state index contributed by atoms with van der Waals surface area (Å²) < 4.78 is 25.9. The van der Waals surface area contributed by atoms with Crippen molar-refractivity contribution in [2.75, 3.05) is 38.1 Å². The van der Waals surface area contributed by atoms with Crippen molar-refractivity contribution in [3.63, 3.8) is 0 Å². The summed E-state index contributed by atoms with van der Waals surface area (Å²) in [6.45, 7) is 13.1. The van der Waals surface area contributed by atoms with Crippen LogP contribution >= 0.6 is 0 Å². The van der Waals surface area contributed by atoms with Gasteiger partial charge in [-0.2, -0.15) is 0 Å². The quantitative estimate of drug-likeness (QED) is 0.203. The monoisotopic (exact) mass is 664 g/mol. The van der Waals surface area contributed by atoms with E-state index in [1.165, 1.54) is 24.5 Å². The third-order valence-corrected chi connectivity index (χ3v) is 9.49. The number of hydrogen-bond acceptors (Lipinski definition) is 7. The van der Waals surface area contributed by atoms with E-state index < -0.39 is 0 Å². The number of carbonyl (C=O) groups is 1. The summed E-state index contributed by atoms with van der Waals surface area (Å²) in [6.07, 6.45) is 9.53. The molecule has 8 nitrogen and oxygen atoms in total. The lowest BCUT2D eigenvalue weighted by Crippen LogP contribution is -2.43. The molecule has 0 radical (unpaired) electrons. The fourth-order valence-corrected chi connectivity index (χ4v) is 6.33. The molecule has 254 valence electrons. The lowest BCUT2D eigenvalue weighted by molar-refractivity contribution is 0.0708. The Morgan fingerprint density at radius 1 is 0.776 bits per heavy atom. The summed E-state index contributed by atoms with van der Waals surface area (Å²) in [5.74, 6) is -0.0103. The molecule has 2 fully saturated rings. The van der Waals surface area contributed by atoms with E-state index in [4.69, 9.17) is 0 Å². The fraction of sp³-hybridized carbons (Fsp3) is 0.316. The zero-order valence-corrected chi connectivity index (χ0v) is 28.2. The number of carbonyl (C=O) groups excluding carboxylic acids is 1. The molecule has 11 heteroatoms. The summed E-state index contributed by atoms with van der Waals surface area (Å²) in [5.41, 5.74) is 6.10.